The van der Waals surface area contributed by atoms with E-state index in [-0.39, 0.29) is 11.2 Å². The Labute approximate surface area is 163 Å². The highest BCUT2D eigenvalue weighted by atomic mass is 79.9. The molecule has 134 valence electrons. The normalized spacial score (nSPS) is 12.8. The first kappa shape index (κ1) is 18.7. The molecule has 0 aliphatic rings. The van der Waals surface area contributed by atoms with Crippen LogP contribution < -0.4 is 4.74 Å². The standard InChI is InChI=1S/C23H23BrO2/c1-15(22(25)16-5-9-19(10-6-16)23(2,3)4)26-21-12-8-17-13-20(24)11-7-18(17)14-21/h5-15H,1-4H3/t15-/m1/s1. The minimum atomic E-state index is -0.539. The number of benzene rings is 3. The van der Waals surface area contributed by atoms with Crippen LogP contribution in [0.25, 0.3) is 10.8 Å². The zero-order chi connectivity index (χ0) is 18.9. The molecule has 0 aliphatic carbocycles. The van der Waals surface area contributed by atoms with Crippen molar-refractivity contribution in [2.45, 2.75) is 39.2 Å². The van der Waals surface area contributed by atoms with E-state index in [4.69, 9.17) is 4.74 Å². The van der Waals surface area contributed by atoms with Gasteiger partial charge in [0.25, 0.3) is 0 Å². The van der Waals surface area contributed by atoms with E-state index in [2.05, 4.69) is 42.8 Å². The summed E-state index contributed by atoms with van der Waals surface area (Å²) < 4.78 is 6.95. The molecule has 0 N–H and O–H groups in total. The maximum atomic E-state index is 12.7. The van der Waals surface area contributed by atoms with Crippen LogP contribution in [-0.4, -0.2) is 11.9 Å². The van der Waals surface area contributed by atoms with Crippen molar-refractivity contribution < 1.29 is 9.53 Å². The van der Waals surface area contributed by atoms with Gasteiger partial charge in [-0.2, -0.15) is 0 Å². The fourth-order valence-corrected chi connectivity index (χ4v) is 3.27. The third kappa shape index (κ3) is 4.16. The van der Waals surface area contributed by atoms with Gasteiger partial charge in [-0.05, 0) is 52.9 Å². The van der Waals surface area contributed by atoms with Crippen molar-refractivity contribution in [1.82, 2.24) is 0 Å². The Kier molecular flexibility index (Phi) is 5.19. The first-order valence-electron chi connectivity index (χ1n) is 8.75. The third-order valence-corrected chi connectivity index (χ3v) is 4.98. The largest absolute Gasteiger partial charge is 0.483 e. The molecule has 3 heteroatoms. The number of carbonyl (C=O) groups excluding carboxylic acids is 1. The summed E-state index contributed by atoms with van der Waals surface area (Å²) in [7, 11) is 0. The van der Waals surface area contributed by atoms with Crippen molar-refractivity contribution in [1.29, 1.82) is 0 Å². The highest BCUT2D eigenvalue weighted by Gasteiger charge is 2.19. The van der Waals surface area contributed by atoms with Crippen LogP contribution >= 0.6 is 15.9 Å². The molecule has 0 saturated carbocycles. The van der Waals surface area contributed by atoms with Crippen LogP contribution in [0.15, 0.2) is 65.1 Å². The third-order valence-electron chi connectivity index (χ3n) is 4.49. The molecule has 0 heterocycles. The van der Waals surface area contributed by atoms with E-state index < -0.39 is 6.10 Å². The van der Waals surface area contributed by atoms with Gasteiger partial charge in [0.2, 0.25) is 5.78 Å². The van der Waals surface area contributed by atoms with Crippen molar-refractivity contribution in [3.8, 4) is 5.75 Å². The number of ether oxygens (including phenoxy) is 1. The van der Waals surface area contributed by atoms with Gasteiger partial charge in [0.15, 0.2) is 6.10 Å². The topological polar surface area (TPSA) is 26.3 Å². The first-order valence-corrected chi connectivity index (χ1v) is 9.54. The number of halogens is 1. The van der Waals surface area contributed by atoms with Crippen molar-refractivity contribution in [2.75, 3.05) is 0 Å². The summed E-state index contributed by atoms with van der Waals surface area (Å²) in [4.78, 5) is 12.7. The van der Waals surface area contributed by atoms with E-state index in [0.717, 1.165) is 15.2 Å². The molecule has 0 saturated heterocycles. The maximum Gasteiger partial charge on any atom is 0.202 e. The average molecular weight is 411 g/mol. The predicted octanol–water partition coefficient (Wildman–Crippen LogP) is 6.55. The van der Waals surface area contributed by atoms with E-state index in [9.17, 15) is 4.79 Å². The summed E-state index contributed by atoms with van der Waals surface area (Å²) in [6, 6.07) is 19.8. The van der Waals surface area contributed by atoms with Gasteiger partial charge < -0.3 is 4.74 Å². The number of carbonyl (C=O) groups is 1. The highest BCUT2D eigenvalue weighted by Crippen LogP contribution is 2.26. The molecule has 0 spiro atoms. The van der Waals surface area contributed by atoms with Gasteiger partial charge in [-0.15, -0.1) is 0 Å². The lowest BCUT2D eigenvalue weighted by Gasteiger charge is -2.19. The Morgan fingerprint density at radius 3 is 2.19 bits per heavy atom. The second-order valence-electron chi connectivity index (χ2n) is 7.60. The molecule has 1 atom stereocenters. The molecule has 0 radical (unpaired) electrons. The molecule has 3 rings (SSSR count). The van der Waals surface area contributed by atoms with E-state index in [0.29, 0.717) is 11.3 Å². The van der Waals surface area contributed by atoms with Crippen LogP contribution in [0.1, 0.15) is 43.6 Å². The summed E-state index contributed by atoms with van der Waals surface area (Å²) in [5, 5.41) is 2.21. The Hall–Kier alpha value is -2.13. The summed E-state index contributed by atoms with van der Waals surface area (Å²) in [6.45, 7) is 8.28. The van der Waals surface area contributed by atoms with Gasteiger partial charge in [-0.3, -0.25) is 4.79 Å². The van der Waals surface area contributed by atoms with Crippen LogP contribution in [0.5, 0.6) is 5.75 Å². The fourth-order valence-electron chi connectivity index (χ4n) is 2.89. The molecule has 3 aromatic carbocycles. The number of Topliss-reactive ketones (excluding diaryl/α,β-unsaturated/α-hetero) is 1. The molecule has 26 heavy (non-hydrogen) atoms. The van der Waals surface area contributed by atoms with Crippen LogP contribution in [-0.2, 0) is 5.41 Å². The molecule has 3 aromatic rings. The van der Waals surface area contributed by atoms with Crippen molar-refractivity contribution in [3.05, 3.63) is 76.3 Å². The second-order valence-corrected chi connectivity index (χ2v) is 8.52. The Balaban J connectivity index is 1.75. The Bertz CT molecular complexity index is 937. The molecular formula is C23H23BrO2. The maximum absolute atomic E-state index is 12.7. The summed E-state index contributed by atoms with van der Waals surface area (Å²) in [5.41, 5.74) is 1.96. The van der Waals surface area contributed by atoms with Crippen LogP contribution in [0.4, 0.5) is 0 Å². The molecule has 0 amide bonds. The van der Waals surface area contributed by atoms with Crippen LogP contribution in [0, 0.1) is 0 Å². The minimum absolute atomic E-state index is 0.0126. The molecule has 0 unspecified atom stereocenters. The van der Waals surface area contributed by atoms with Gasteiger partial charge in [0.1, 0.15) is 5.75 Å². The van der Waals surface area contributed by atoms with Crippen molar-refractivity contribution >= 4 is 32.5 Å². The molecule has 0 aromatic heterocycles. The number of ketones is 1. The zero-order valence-electron chi connectivity index (χ0n) is 15.5. The summed E-state index contributed by atoms with van der Waals surface area (Å²) in [5.74, 6) is 0.688. The lowest BCUT2D eigenvalue weighted by atomic mass is 9.86. The number of fused-ring (bicyclic) bond motifs is 1. The summed E-state index contributed by atoms with van der Waals surface area (Å²) >= 11 is 3.48. The number of rotatable bonds is 4. The highest BCUT2D eigenvalue weighted by molar-refractivity contribution is 9.10. The molecule has 2 nitrogen and oxygen atoms in total. The van der Waals surface area contributed by atoms with Crippen molar-refractivity contribution in [3.63, 3.8) is 0 Å². The quantitative estimate of drug-likeness (QED) is 0.455. The number of hydrogen-bond donors (Lipinski definition) is 0. The van der Waals surface area contributed by atoms with Gasteiger partial charge >= 0.3 is 0 Å². The lowest BCUT2D eigenvalue weighted by molar-refractivity contribution is 0.0818. The molecule has 0 bridgehead atoms. The Morgan fingerprint density at radius 1 is 0.923 bits per heavy atom. The second kappa shape index (κ2) is 7.24. The van der Waals surface area contributed by atoms with Crippen LogP contribution in [0.2, 0.25) is 0 Å². The van der Waals surface area contributed by atoms with Gasteiger partial charge in [0, 0.05) is 10.0 Å². The molecular weight excluding hydrogens is 388 g/mol. The predicted molar refractivity (Wildman–Crippen MR) is 111 cm³/mol. The SMILES string of the molecule is C[C@@H](Oc1ccc2cc(Br)ccc2c1)C(=O)c1ccc(C(C)(C)C)cc1. The van der Waals surface area contributed by atoms with E-state index in [1.54, 1.807) is 6.92 Å². The average Bonchev–Trinajstić information content (AvgIpc) is 2.60. The molecule has 0 fully saturated rings. The minimum Gasteiger partial charge on any atom is -0.483 e. The smallest absolute Gasteiger partial charge is 0.202 e. The first-order chi connectivity index (χ1) is 12.2. The van der Waals surface area contributed by atoms with E-state index >= 15 is 0 Å². The lowest BCUT2D eigenvalue weighted by Crippen LogP contribution is -2.24. The van der Waals surface area contributed by atoms with Gasteiger partial charge in [0.05, 0.1) is 0 Å². The van der Waals surface area contributed by atoms with Crippen molar-refractivity contribution in [2.24, 2.45) is 0 Å². The van der Waals surface area contributed by atoms with Gasteiger partial charge in [-0.1, -0.05) is 73.1 Å². The zero-order valence-corrected chi connectivity index (χ0v) is 17.1. The van der Waals surface area contributed by atoms with Crippen LogP contribution in [0.3, 0.4) is 0 Å². The monoisotopic (exact) mass is 410 g/mol. The summed E-state index contributed by atoms with van der Waals surface area (Å²) in [6.07, 6.45) is -0.539. The fraction of sp³-hybridized carbons (Fsp3) is 0.261. The number of hydrogen-bond acceptors (Lipinski definition) is 2. The van der Waals surface area contributed by atoms with Gasteiger partial charge in [-0.25, -0.2) is 0 Å². The van der Waals surface area contributed by atoms with E-state index in [1.807, 2.05) is 54.6 Å². The van der Waals surface area contributed by atoms with E-state index in [1.165, 1.54) is 5.56 Å². The molecule has 0 aliphatic heterocycles. The Morgan fingerprint density at radius 2 is 1.54 bits per heavy atom.